The second-order valence-corrected chi connectivity index (χ2v) is 8.89. The average molecular weight is 479 g/mol. The average Bonchev–Trinajstić information content (AvgIpc) is 3.20. The summed E-state index contributed by atoms with van der Waals surface area (Å²) in [7, 11) is -4.33. The second kappa shape index (κ2) is 9.36. The molecule has 1 atom stereocenters. The van der Waals surface area contributed by atoms with Crippen LogP contribution in [0.15, 0.2) is 41.4 Å². The van der Waals surface area contributed by atoms with Crippen molar-refractivity contribution in [3.05, 3.63) is 53.7 Å². The standard InChI is InChI=1S/C19H18F5N3O4S/c20-13-7-14(21)9-15(8-13)32(29,30)27-5-1-2-16(27)18(28)26-10-12-3-4-25-17(6-12)31-11-19(22,23)24/h3-4,6-9,16H,1-2,5,10-11H2,(H,26,28). The van der Waals surface area contributed by atoms with Crippen molar-refractivity contribution in [1.82, 2.24) is 14.6 Å². The zero-order chi connectivity index (χ0) is 23.5. The Balaban J connectivity index is 1.67. The van der Waals surface area contributed by atoms with Gasteiger partial charge in [-0.2, -0.15) is 17.5 Å². The number of pyridine rings is 1. The maximum atomic E-state index is 13.5. The van der Waals surface area contributed by atoms with E-state index >= 15 is 0 Å². The van der Waals surface area contributed by atoms with Gasteiger partial charge in [0.05, 0.1) is 4.90 Å². The van der Waals surface area contributed by atoms with Gasteiger partial charge >= 0.3 is 6.18 Å². The minimum atomic E-state index is -4.53. The van der Waals surface area contributed by atoms with Crippen LogP contribution in [-0.4, -0.2) is 49.0 Å². The Morgan fingerprint density at radius 3 is 2.53 bits per heavy atom. The molecule has 32 heavy (non-hydrogen) atoms. The maximum Gasteiger partial charge on any atom is 0.422 e. The van der Waals surface area contributed by atoms with E-state index in [1.54, 1.807) is 0 Å². The molecule has 0 bridgehead atoms. The van der Waals surface area contributed by atoms with Gasteiger partial charge in [-0.25, -0.2) is 22.2 Å². The zero-order valence-corrected chi connectivity index (χ0v) is 17.2. The molecule has 174 valence electrons. The van der Waals surface area contributed by atoms with Crippen LogP contribution in [0.1, 0.15) is 18.4 Å². The number of halogens is 5. The summed E-state index contributed by atoms with van der Waals surface area (Å²) in [5.41, 5.74) is 0.380. The Kier molecular flexibility index (Phi) is 6.98. The highest BCUT2D eigenvalue weighted by molar-refractivity contribution is 7.89. The first-order valence-electron chi connectivity index (χ1n) is 9.36. The topological polar surface area (TPSA) is 88.6 Å². The molecule has 2 aromatic rings. The van der Waals surface area contributed by atoms with Crippen molar-refractivity contribution in [1.29, 1.82) is 0 Å². The summed E-state index contributed by atoms with van der Waals surface area (Å²) in [6, 6.07) is 3.43. The highest BCUT2D eigenvalue weighted by atomic mass is 32.2. The van der Waals surface area contributed by atoms with E-state index in [0.717, 1.165) is 4.31 Å². The highest BCUT2D eigenvalue weighted by Gasteiger charge is 2.39. The van der Waals surface area contributed by atoms with E-state index < -0.39 is 51.3 Å². The lowest BCUT2D eigenvalue weighted by Gasteiger charge is -2.23. The lowest BCUT2D eigenvalue weighted by atomic mass is 10.2. The molecule has 1 fully saturated rings. The molecule has 2 heterocycles. The zero-order valence-electron chi connectivity index (χ0n) is 16.4. The molecule has 0 spiro atoms. The minimum Gasteiger partial charge on any atom is -0.468 e. The second-order valence-electron chi connectivity index (χ2n) is 7.00. The molecule has 1 aromatic carbocycles. The molecule has 7 nitrogen and oxygen atoms in total. The number of sulfonamides is 1. The Labute approximate surface area is 180 Å². The summed E-state index contributed by atoms with van der Waals surface area (Å²) < 4.78 is 94.8. The van der Waals surface area contributed by atoms with Gasteiger partial charge in [-0.1, -0.05) is 0 Å². The summed E-state index contributed by atoms with van der Waals surface area (Å²) in [5.74, 6) is -3.07. The van der Waals surface area contributed by atoms with E-state index in [1.807, 2.05) is 0 Å². The fourth-order valence-corrected chi connectivity index (χ4v) is 4.90. The number of nitrogens with zero attached hydrogens (tertiary/aromatic N) is 2. The van der Waals surface area contributed by atoms with Gasteiger partial charge in [0.2, 0.25) is 21.8 Å². The molecule has 1 aliphatic rings. The van der Waals surface area contributed by atoms with Gasteiger partial charge in [-0.3, -0.25) is 4.79 Å². The summed E-state index contributed by atoms with van der Waals surface area (Å²) in [6.07, 6.45) is -2.77. The number of nitrogens with one attached hydrogen (secondary N) is 1. The fraction of sp³-hybridized carbons (Fsp3) is 0.368. The van der Waals surface area contributed by atoms with Crippen LogP contribution in [0.25, 0.3) is 0 Å². The molecule has 1 aromatic heterocycles. The lowest BCUT2D eigenvalue weighted by molar-refractivity contribution is -0.154. The molecular weight excluding hydrogens is 461 g/mol. The van der Waals surface area contributed by atoms with Crippen molar-refractivity contribution < 1.29 is 39.9 Å². The van der Waals surface area contributed by atoms with E-state index in [-0.39, 0.29) is 25.4 Å². The van der Waals surface area contributed by atoms with Crippen LogP contribution in [0.2, 0.25) is 0 Å². The van der Waals surface area contributed by atoms with E-state index in [0.29, 0.717) is 30.2 Å². The monoisotopic (exact) mass is 479 g/mol. The number of ether oxygens (including phenoxy) is 1. The van der Waals surface area contributed by atoms with Crippen LogP contribution in [0, 0.1) is 11.6 Å². The molecule has 0 aliphatic carbocycles. The minimum absolute atomic E-state index is 0.0107. The molecule has 0 saturated carbocycles. The SMILES string of the molecule is O=C(NCc1ccnc(OCC(F)(F)F)c1)C1CCCN1S(=O)(=O)c1cc(F)cc(F)c1. The van der Waals surface area contributed by atoms with E-state index in [4.69, 9.17) is 0 Å². The largest absolute Gasteiger partial charge is 0.468 e. The number of carbonyl (C=O) groups is 1. The molecule has 1 aliphatic heterocycles. The van der Waals surface area contributed by atoms with Crippen molar-refractivity contribution in [2.75, 3.05) is 13.2 Å². The van der Waals surface area contributed by atoms with Gasteiger partial charge in [0.15, 0.2) is 6.61 Å². The first-order valence-corrected chi connectivity index (χ1v) is 10.8. The predicted molar refractivity (Wildman–Crippen MR) is 101 cm³/mol. The number of benzene rings is 1. The first-order chi connectivity index (χ1) is 15.0. The van der Waals surface area contributed by atoms with Crippen molar-refractivity contribution in [3.63, 3.8) is 0 Å². The van der Waals surface area contributed by atoms with Crippen molar-refractivity contribution in [2.24, 2.45) is 0 Å². The number of hydrogen-bond donors (Lipinski definition) is 1. The molecule has 1 amide bonds. The number of rotatable bonds is 7. The van der Waals surface area contributed by atoms with Crippen molar-refractivity contribution in [3.8, 4) is 5.88 Å². The van der Waals surface area contributed by atoms with Gasteiger partial charge in [-0.05, 0) is 36.6 Å². The quantitative estimate of drug-likeness (QED) is 0.617. The van der Waals surface area contributed by atoms with Gasteiger partial charge in [0, 0.05) is 31.4 Å². The number of amides is 1. The van der Waals surface area contributed by atoms with Crippen molar-refractivity contribution >= 4 is 15.9 Å². The van der Waals surface area contributed by atoms with Gasteiger partial charge in [-0.15, -0.1) is 0 Å². The molecule has 1 saturated heterocycles. The molecule has 0 radical (unpaired) electrons. The fourth-order valence-electron chi connectivity index (χ4n) is 3.20. The van der Waals surface area contributed by atoms with Gasteiger partial charge in [0.25, 0.3) is 0 Å². The molecule has 1 N–H and O–H groups in total. The smallest absolute Gasteiger partial charge is 0.422 e. The van der Waals surface area contributed by atoms with Gasteiger partial charge in [0.1, 0.15) is 17.7 Å². The molecule has 13 heteroatoms. The summed E-state index contributed by atoms with van der Waals surface area (Å²) >= 11 is 0. The van der Waals surface area contributed by atoms with Crippen LogP contribution in [-0.2, 0) is 21.4 Å². The highest BCUT2D eigenvalue weighted by Crippen LogP contribution is 2.27. The van der Waals surface area contributed by atoms with Crippen LogP contribution in [0.5, 0.6) is 5.88 Å². The number of aromatic nitrogens is 1. The summed E-state index contributed by atoms with van der Waals surface area (Å²) in [5, 5.41) is 2.52. The van der Waals surface area contributed by atoms with Gasteiger partial charge < -0.3 is 10.1 Å². The van der Waals surface area contributed by atoms with Crippen LogP contribution < -0.4 is 10.1 Å². The Morgan fingerprint density at radius 2 is 1.88 bits per heavy atom. The third-order valence-corrected chi connectivity index (χ3v) is 6.48. The number of alkyl halides is 3. The van der Waals surface area contributed by atoms with Crippen LogP contribution in [0.3, 0.4) is 0 Å². The van der Waals surface area contributed by atoms with E-state index in [9.17, 15) is 35.2 Å². The lowest BCUT2D eigenvalue weighted by Crippen LogP contribution is -2.45. The Morgan fingerprint density at radius 1 is 1.19 bits per heavy atom. The van der Waals surface area contributed by atoms with E-state index in [1.165, 1.54) is 18.3 Å². The predicted octanol–water partition coefficient (Wildman–Crippen LogP) is 2.77. The number of hydrogen-bond acceptors (Lipinski definition) is 5. The molecular formula is C19H18F5N3O4S. The van der Waals surface area contributed by atoms with E-state index in [2.05, 4.69) is 15.0 Å². The maximum absolute atomic E-state index is 13.5. The number of carbonyl (C=O) groups excluding carboxylic acids is 1. The van der Waals surface area contributed by atoms with Crippen LogP contribution >= 0.6 is 0 Å². The Bertz CT molecular complexity index is 1070. The third kappa shape index (κ3) is 5.91. The molecule has 3 rings (SSSR count). The summed E-state index contributed by atoms with van der Waals surface area (Å²) in [6.45, 7) is -1.66. The van der Waals surface area contributed by atoms with Crippen molar-refractivity contribution in [2.45, 2.75) is 36.5 Å². The third-order valence-electron chi connectivity index (χ3n) is 4.60. The summed E-state index contributed by atoms with van der Waals surface area (Å²) in [4.78, 5) is 15.7. The Hall–Kier alpha value is -2.80. The van der Waals surface area contributed by atoms with Crippen LogP contribution in [0.4, 0.5) is 22.0 Å². The normalized spacial score (nSPS) is 17.3. The first kappa shape index (κ1) is 23.9. The molecule has 1 unspecified atom stereocenters.